The maximum Gasteiger partial charge on any atom is 0.237 e. The molecule has 0 aliphatic carbocycles. The van der Waals surface area contributed by atoms with Crippen LogP contribution in [-0.2, 0) is 20.6 Å². The monoisotopic (exact) mass is 352 g/mol. The Hall–Kier alpha value is -1.97. The Bertz CT molecular complexity index is 827. The third-order valence-corrected chi connectivity index (χ3v) is 5.79. The molecule has 1 aromatic heterocycles. The first-order valence-corrected chi connectivity index (χ1v) is 9.34. The molecule has 8 nitrogen and oxygen atoms in total. The van der Waals surface area contributed by atoms with Crippen LogP contribution in [0.25, 0.3) is 11.0 Å². The van der Waals surface area contributed by atoms with Crippen molar-refractivity contribution in [2.24, 2.45) is 0 Å². The molecule has 9 heteroatoms. The van der Waals surface area contributed by atoms with Crippen LogP contribution in [0, 0.1) is 0 Å². The van der Waals surface area contributed by atoms with Crippen molar-refractivity contribution in [2.45, 2.75) is 5.75 Å². The van der Waals surface area contributed by atoms with Gasteiger partial charge in [0.2, 0.25) is 15.9 Å². The Morgan fingerprint density at radius 2 is 2.04 bits per heavy atom. The lowest BCUT2D eigenvalue weighted by Gasteiger charge is -2.29. The van der Waals surface area contributed by atoms with Gasteiger partial charge in [0, 0.05) is 38.6 Å². The minimum Gasteiger partial charge on any atom is -0.356 e. The van der Waals surface area contributed by atoms with E-state index in [9.17, 15) is 13.2 Å². The Morgan fingerprint density at radius 1 is 1.33 bits per heavy atom. The molecule has 0 radical (unpaired) electrons. The number of para-hydroxylation sites is 1. The summed E-state index contributed by atoms with van der Waals surface area (Å²) in [6, 6.07) is 7.09. The third-order valence-electron chi connectivity index (χ3n) is 4.07. The number of hydrogen-bond acceptors (Lipinski definition) is 6. The van der Waals surface area contributed by atoms with E-state index in [-0.39, 0.29) is 18.2 Å². The van der Waals surface area contributed by atoms with Crippen molar-refractivity contribution in [3.8, 4) is 0 Å². The zero-order valence-corrected chi connectivity index (χ0v) is 14.3. The molecule has 0 atom stereocenters. The lowest BCUT2D eigenvalue weighted by molar-refractivity contribution is -0.131. The zero-order valence-electron chi connectivity index (χ0n) is 13.4. The molecule has 0 spiro atoms. The van der Waals surface area contributed by atoms with E-state index in [0.29, 0.717) is 29.8 Å². The van der Waals surface area contributed by atoms with Crippen molar-refractivity contribution in [3.63, 3.8) is 0 Å². The number of sulfonamides is 1. The van der Waals surface area contributed by atoms with Crippen LogP contribution in [-0.4, -0.2) is 68.5 Å². The average Bonchev–Trinajstić information content (AvgIpc) is 2.98. The van der Waals surface area contributed by atoms with Gasteiger partial charge in [-0.15, -0.1) is 0 Å². The fourth-order valence-electron chi connectivity index (χ4n) is 2.63. The first-order chi connectivity index (χ1) is 11.5. The van der Waals surface area contributed by atoms with Crippen molar-refractivity contribution in [3.05, 3.63) is 30.0 Å². The van der Waals surface area contributed by atoms with E-state index in [1.165, 1.54) is 7.05 Å². The van der Waals surface area contributed by atoms with Crippen LogP contribution < -0.4 is 5.32 Å². The summed E-state index contributed by atoms with van der Waals surface area (Å²) in [5, 5.41) is 7.67. The third kappa shape index (κ3) is 3.58. The Morgan fingerprint density at radius 3 is 2.79 bits per heavy atom. The highest BCUT2D eigenvalue weighted by molar-refractivity contribution is 7.88. The summed E-state index contributed by atoms with van der Waals surface area (Å²) < 4.78 is 31.3. The Kier molecular flexibility index (Phi) is 4.83. The van der Waals surface area contributed by atoms with Gasteiger partial charge >= 0.3 is 0 Å². The number of aromatic nitrogens is 1. The molecule has 130 valence electrons. The number of amides is 1. The van der Waals surface area contributed by atoms with Gasteiger partial charge in [0.15, 0.2) is 5.58 Å². The summed E-state index contributed by atoms with van der Waals surface area (Å²) >= 11 is 0. The van der Waals surface area contributed by atoms with E-state index in [0.717, 1.165) is 17.4 Å². The van der Waals surface area contributed by atoms with Gasteiger partial charge in [0.25, 0.3) is 0 Å². The number of nitrogens with one attached hydrogen (secondary N) is 1. The number of fused-ring (bicyclic) bond motifs is 1. The number of likely N-dealkylation sites (N-methyl/N-ethyl adjacent to an activating group) is 1. The van der Waals surface area contributed by atoms with Gasteiger partial charge in [-0.1, -0.05) is 17.3 Å². The molecule has 1 amide bonds. The standard InChI is InChI=1S/C15H20N4O4S/c1-18(10-15(20)19-8-6-16-7-9-19)24(21,22)11-13-12-4-2-3-5-14(12)23-17-13/h2-5,16H,6-11H2,1H3. The molecule has 24 heavy (non-hydrogen) atoms. The second-order valence-electron chi connectivity index (χ2n) is 5.77. The van der Waals surface area contributed by atoms with Gasteiger partial charge < -0.3 is 14.7 Å². The van der Waals surface area contributed by atoms with Crippen molar-refractivity contribution in [1.29, 1.82) is 0 Å². The van der Waals surface area contributed by atoms with Crippen molar-refractivity contribution in [1.82, 2.24) is 19.7 Å². The number of carbonyl (C=O) groups excluding carboxylic acids is 1. The molecule has 0 unspecified atom stereocenters. The van der Waals surface area contributed by atoms with Gasteiger partial charge in [-0.05, 0) is 12.1 Å². The lowest BCUT2D eigenvalue weighted by Crippen LogP contribution is -2.49. The van der Waals surface area contributed by atoms with Gasteiger partial charge in [0.1, 0.15) is 11.4 Å². The van der Waals surface area contributed by atoms with E-state index in [1.54, 1.807) is 29.2 Å². The Labute approximate surface area is 140 Å². The maximum atomic E-state index is 12.5. The second-order valence-corrected chi connectivity index (χ2v) is 7.84. The van der Waals surface area contributed by atoms with Gasteiger partial charge in [-0.25, -0.2) is 8.42 Å². The molecule has 3 rings (SSSR count). The van der Waals surface area contributed by atoms with Crippen LogP contribution >= 0.6 is 0 Å². The predicted molar refractivity (Wildman–Crippen MR) is 88.7 cm³/mol. The fourth-order valence-corrected chi connectivity index (χ4v) is 3.71. The van der Waals surface area contributed by atoms with Crippen LogP contribution in [0.15, 0.2) is 28.8 Å². The van der Waals surface area contributed by atoms with Crippen molar-refractivity contribution >= 4 is 26.9 Å². The second kappa shape index (κ2) is 6.88. The molecule has 2 heterocycles. The molecule has 1 aliphatic rings. The van der Waals surface area contributed by atoms with E-state index >= 15 is 0 Å². The van der Waals surface area contributed by atoms with Crippen LogP contribution in [0.5, 0.6) is 0 Å². The quantitative estimate of drug-likeness (QED) is 0.815. The molecular weight excluding hydrogens is 332 g/mol. The van der Waals surface area contributed by atoms with E-state index < -0.39 is 10.0 Å². The molecular formula is C15H20N4O4S. The summed E-state index contributed by atoms with van der Waals surface area (Å²) in [4.78, 5) is 13.9. The average molecular weight is 352 g/mol. The minimum atomic E-state index is -3.66. The summed E-state index contributed by atoms with van der Waals surface area (Å²) in [6.45, 7) is 2.49. The topological polar surface area (TPSA) is 95.8 Å². The van der Waals surface area contributed by atoms with Gasteiger partial charge in [-0.2, -0.15) is 4.31 Å². The number of carbonyl (C=O) groups is 1. The molecule has 1 aromatic carbocycles. The van der Waals surface area contributed by atoms with Gasteiger partial charge in [0.05, 0.1) is 6.54 Å². The number of piperazine rings is 1. The molecule has 0 saturated carbocycles. The van der Waals surface area contributed by atoms with Crippen LogP contribution in [0.2, 0.25) is 0 Å². The molecule has 1 N–H and O–H groups in total. The summed E-state index contributed by atoms with van der Waals surface area (Å²) in [7, 11) is -2.25. The molecule has 1 saturated heterocycles. The van der Waals surface area contributed by atoms with Crippen LogP contribution in [0.4, 0.5) is 0 Å². The number of benzene rings is 1. The highest BCUT2D eigenvalue weighted by Crippen LogP contribution is 2.20. The van der Waals surface area contributed by atoms with Crippen molar-refractivity contribution < 1.29 is 17.7 Å². The van der Waals surface area contributed by atoms with Gasteiger partial charge in [-0.3, -0.25) is 4.79 Å². The summed E-state index contributed by atoms with van der Waals surface area (Å²) in [6.07, 6.45) is 0. The number of rotatable bonds is 5. The maximum absolute atomic E-state index is 12.5. The normalized spacial score (nSPS) is 16.0. The fraction of sp³-hybridized carbons (Fsp3) is 0.467. The van der Waals surface area contributed by atoms with Crippen LogP contribution in [0.1, 0.15) is 5.69 Å². The molecule has 1 aliphatic heterocycles. The molecule has 1 fully saturated rings. The predicted octanol–water partition coefficient (Wildman–Crippen LogP) is 0.0212. The lowest BCUT2D eigenvalue weighted by atomic mass is 10.2. The van der Waals surface area contributed by atoms with E-state index in [2.05, 4.69) is 10.5 Å². The van der Waals surface area contributed by atoms with E-state index in [1.807, 2.05) is 0 Å². The summed E-state index contributed by atoms with van der Waals surface area (Å²) in [5.74, 6) is -0.484. The highest BCUT2D eigenvalue weighted by atomic mass is 32.2. The zero-order chi connectivity index (χ0) is 17.2. The van der Waals surface area contributed by atoms with Crippen LogP contribution in [0.3, 0.4) is 0 Å². The number of hydrogen-bond donors (Lipinski definition) is 1. The first kappa shape index (κ1) is 16.9. The molecule has 2 aromatic rings. The minimum absolute atomic E-state index is 0.169. The largest absolute Gasteiger partial charge is 0.356 e. The highest BCUT2D eigenvalue weighted by Gasteiger charge is 2.26. The first-order valence-electron chi connectivity index (χ1n) is 7.73. The smallest absolute Gasteiger partial charge is 0.237 e. The Balaban J connectivity index is 1.69. The number of nitrogens with zero attached hydrogens (tertiary/aromatic N) is 3. The van der Waals surface area contributed by atoms with E-state index in [4.69, 9.17) is 4.52 Å². The SMILES string of the molecule is CN(CC(=O)N1CCNCC1)S(=O)(=O)Cc1noc2ccccc12. The summed E-state index contributed by atoms with van der Waals surface area (Å²) in [5.41, 5.74) is 0.898. The van der Waals surface area contributed by atoms with Crippen molar-refractivity contribution in [2.75, 3.05) is 39.8 Å². The molecule has 0 bridgehead atoms.